The Morgan fingerprint density at radius 2 is 1.58 bits per heavy atom. The number of aromatic nitrogens is 2. The molecule has 2 heterocycles. The Kier molecular flexibility index (Phi) is 3.91. The van der Waals surface area contributed by atoms with Crippen molar-refractivity contribution in [1.29, 1.82) is 10.5 Å². The first-order valence-corrected chi connectivity index (χ1v) is 10.6. The van der Waals surface area contributed by atoms with Crippen molar-refractivity contribution in [2.75, 3.05) is 0 Å². The van der Waals surface area contributed by atoms with Crippen molar-refractivity contribution in [2.24, 2.45) is 0 Å². The van der Waals surface area contributed by atoms with Gasteiger partial charge in [-0.25, -0.2) is 0 Å². The third kappa shape index (κ3) is 2.35. The van der Waals surface area contributed by atoms with E-state index in [2.05, 4.69) is 19.7 Å². The molecule has 26 heavy (non-hydrogen) atoms. The molecule has 0 radical (unpaired) electrons. The fraction of sp³-hybridized carbons (Fsp3) is 0. The molecule has 0 fully saturated rings. The first-order valence-electron chi connectivity index (χ1n) is 7.12. The molecule has 0 aliphatic carbocycles. The Morgan fingerprint density at radius 1 is 0.923 bits per heavy atom. The number of benzene rings is 2. The summed E-state index contributed by atoms with van der Waals surface area (Å²) >= 11 is -0.440. The summed E-state index contributed by atoms with van der Waals surface area (Å²) < 4.78 is 3.12. The molecule has 0 unspecified atom stereocenters. The van der Waals surface area contributed by atoms with Crippen LogP contribution in [-0.2, 0) is 0 Å². The summed E-state index contributed by atoms with van der Waals surface area (Å²) in [6, 6.07) is 11.7. The summed E-state index contributed by atoms with van der Waals surface area (Å²) in [5, 5.41) is 20.2. The summed E-state index contributed by atoms with van der Waals surface area (Å²) in [5.74, 6) is 0. The van der Waals surface area contributed by atoms with E-state index in [0.29, 0.717) is 8.45 Å². The summed E-state index contributed by atoms with van der Waals surface area (Å²) in [4.78, 5) is 15.6. The molecule has 118 valence electrons. The Labute approximate surface area is 158 Å². The molecule has 0 atom stereocenters. The van der Waals surface area contributed by atoms with Crippen LogP contribution in [0.25, 0.3) is 51.4 Å². The first-order chi connectivity index (χ1) is 12.7. The monoisotopic (exact) mass is 464 g/mol. The van der Waals surface area contributed by atoms with Gasteiger partial charge in [-0.1, -0.05) is 0 Å². The van der Waals surface area contributed by atoms with Gasteiger partial charge in [0.25, 0.3) is 0 Å². The zero-order valence-corrected chi connectivity index (χ0v) is 16.2. The van der Waals surface area contributed by atoms with Crippen molar-refractivity contribution in [3.05, 3.63) is 55.5 Å². The maximum absolute atomic E-state index is 9.14. The van der Waals surface area contributed by atoms with Gasteiger partial charge in [-0.3, -0.25) is 0 Å². The number of nitriles is 2. The Hall–Kier alpha value is -3.22. The van der Waals surface area contributed by atoms with Crippen LogP contribution in [-0.4, -0.2) is 39.0 Å². The molecule has 8 heteroatoms. The topological polar surface area (TPSA) is 82.1 Å². The second kappa shape index (κ2) is 6.25. The second-order valence-corrected chi connectivity index (χ2v) is 9.37. The second-order valence-electron chi connectivity index (χ2n) is 5.11. The Bertz CT molecular complexity index is 1380. The summed E-state index contributed by atoms with van der Waals surface area (Å²) in [6.07, 6.45) is 0. The number of hydrogen-bond donors (Lipinski definition) is 0. The van der Waals surface area contributed by atoms with E-state index in [9.17, 15) is 0 Å². The van der Waals surface area contributed by atoms with Crippen LogP contribution in [0.4, 0.5) is 0 Å². The van der Waals surface area contributed by atoms with Crippen LogP contribution in [0.3, 0.4) is 0 Å². The average Bonchev–Trinajstić information content (AvgIpc) is 3.27. The molecule has 4 aromatic rings. The van der Waals surface area contributed by atoms with Crippen LogP contribution in [0.5, 0.6) is 0 Å². The van der Waals surface area contributed by atoms with E-state index in [4.69, 9.17) is 23.7 Å². The van der Waals surface area contributed by atoms with Gasteiger partial charge in [0.15, 0.2) is 0 Å². The van der Waals surface area contributed by atoms with Gasteiger partial charge in [0, 0.05) is 0 Å². The fourth-order valence-corrected chi connectivity index (χ4v) is 6.76. The van der Waals surface area contributed by atoms with Gasteiger partial charge >= 0.3 is 159 Å². The molecule has 2 aromatic heterocycles. The summed E-state index contributed by atoms with van der Waals surface area (Å²) in [5.41, 5.74) is 1.63. The number of hydrogen-bond acceptors (Lipinski definition) is 4. The van der Waals surface area contributed by atoms with Gasteiger partial charge in [0.2, 0.25) is 0 Å². The molecule has 0 saturated heterocycles. The quantitative estimate of drug-likeness (QED) is 0.290. The summed E-state index contributed by atoms with van der Waals surface area (Å²) in [6.45, 7) is 14.3. The van der Waals surface area contributed by atoms with E-state index >= 15 is 0 Å². The van der Waals surface area contributed by atoms with E-state index in [1.807, 2.05) is 36.4 Å². The SMILES string of the molecule is [C-]#[N+]/C(C#N)=c1\nc2c(ccc3ccc4n/c(=C(/C#N)[N+]#[C-])[se]c4c32)[se]1. The normalized spacial score (nSPS) is 12.9. The van der Waals surface area contributed by atoms with E-state index in [0.717, 1.165) is 30.3 Å². The van der Waals surface area contributed by atoms with Crippen LogP contribution in [0, 0.1) is 35.8 Å². The van der Waals surface area contributed by atoms with Crippen molar-refractivity contribution in [3.63, 3.8) is 0 Å². The zero-order chi connectivity index (χ0) is 18.3. The third-order valence-corrected chi connectivity index (χ3v) is 8.19. The molecule has 0 saturated carbocycles. The Balaban J connectivity index is 2.26. The predicted molar refractivity (Wildman–Crippen MR) is 98.9 cm³/mol. The third-order valence-electron chi connectivity index (χ3n) is 3.73. The van der Waals surface area contributed by atoms with Gasteiger partial charge in [-0.05, 0) is 0 Å². The molecule has 6 nitrogen and oxygen atoms in total. The molecule has 4 rings (SSSR count). The van der Waals surface area contributed by atoms with Gasteiger partial charge in [-0.2, -0.15) is 0 Å². The van der Waals surface area contributed by atoms with Crippen molar-refractivity contribution in [2.45, 2.75) is 0 Å². The zero-order valence-electron chi connectivity index (χ0n) is 12.8. The molecule has 2 aromatic carbocycles. The standard InChI is InChI=1S/C18H4N6Se2/c1-21-11(7-19)17-23-10-5-3-9-4-6-13-15(14(9)16(10)26-17)24-18(25-13)12(8-20)22-2/h3-6H/b17-11+,18-12+. The van der Waals surface area contributed by atoms with Crippen molar-refractivity contribution < 1.29 is 0 Å². The Morgan fingerprint density at radius 3 is 2.23 bits per heavy atom. The number of rotatable bonds is 0. The minimum absolute atomic E-state index is 0.0310. The van der Waals surface area contributed by atoms with Crippen molar-refractivity contribution in [3.8, 4) is 12.1 Å². The molecular formula is C18H4N6Se2. The van der Waals surface area contributed by atoms with E-state index < -0.39 is 0 Å². The predicted octanol–water partition coefficient (Wildman–Crippen LogP) is 1.15. The van der Waals surface area contributed by atoms with E-state index in [1.165, 1.54) is 0 Å². The van der Waals surface area contributed by atoms with Gasteiger partial charge < -0.3 is 0 Å². The summed E-state index contributed by atoms with van der Waals surface area (Å²) in [7, 11) is 0. The molecule has 0 bridgehead atoms. The van der Waals surface area contributed by atoms with Gasteiger partial charge in [-0.15, -0.1) is 0 Å². The average molecular weight is 462 g/mol. The molecular weight excluding hydrogens is 458 g/mol. The maximum atomic E-state index is 9.14. The van der Waals surface area contributed by atoms with E-state index in [1.54, 1.807) is 0 Å². The van der Waals surface area contributed by atoms with Crippen LogP contribution < -0.4 is 8.45 Å². The van der Waals surface area contributed by atoms with Gasteiger partial charge in [0.1, 0.15) is 0 Å². The van der Waals surface area contributed by atoms with E-state index in [-0.39, 0.29) is 40.4 Å². The van der Waals surface area contributed by atoms with Crippen LogP contribution in [0.15, 0.2) is 24.3 Å². The molecule has 0 aliphatic heterocycles. The molecule has 0 N–H and O–H groups in total. The molecule has 0 spiro atoms. The molecule has 0 aliphatic rings. The van der Waals surface area contributed by atoms with Crippen LogP contribution in [0.2, 0.25) is 0 Å². The van der Waals surface area contributed by atoms with Crippen molar-refractivity contribution >= 4 is 70.7 Å². The number of fused-ring (bicyclic) bond motifs is 5. The van der Waals surface area contributed by atoms with Crippen LogP contribution in [0.1, 0.15) is 0 Å². The van der Waals surface area contributed by atoms with Crippen LogP contribution >= 0.6 is 0 Å². The van der Waals surface area contributed by atoms with Crippen molar-refractivity contribution in [1.82, 2.24) is 9.97 Å². The number of nitrogens with zero attached hydrogens (tertiary/aromatic N) is 6. The minimum atomic E-state index is -0.258. The first kappa shape index (κ1) is 16.3. The molecule has 0 amide bonds. The fourth-order valence-electron chi connectivity index (χ4n) is 2.62. The van der Waals surface area contributed by atoms with Gasteiger partial charge in [0.05, 0.1) is 0 Å².